The zero-order chi connectivity index (χ0) is 22.2. The van der Waals surface area contributed by atoms with Crippen LogP contribution >= 0.6 is 11.6 Å². The molecule has 0 saturated carbocycles. The Bertz CT molecular complexity index is 1390. The Hall–Kier alpha value is -2.91. The summed E-state index contributed by atoms with van der Waals surface area (Å²) in [5.41, 5.74) is 0.614. The molecule has 30 heavy (non-hydrogen) atoms. The van der Waals surface area contributed by atoms with Crippen molar-refractivity contribution in [2.24, 2.45) is 14.1 Å². The number of carbonyl (C=O) groups is 1. The van der Waals surface area contributed by atoms with Crippen molar-refractivity contribution in [3.05, 3.63) is 67.7 Å². The van der Waals surface area contributed by atoms with Crippen molar-refractivity contribution in [3.8, 4) is 0 Å². The van der Waals surface area contributed by atoms with E-state index in [1.54, 1.807) is 18.2 Å². The van der Waals surface area contributed by atoms with Gasteiger partial charge in [0, 0.05) is 20.5 Å². The first-order valence-corrected chi connectivity index (χ1v) is 11.0. The molecule has 1 heterocycles. The number of hydrogen-bond acceptors (Lipinski definition) is 5. The van der Waals surface area contributed by atoms with Crippen molar-refractivity contribution in [2.75, 3.05) is 11.1 Å². The van der Waals surface area contributed by atoms with E-state index in [9.17, 15) is 22.8 Å². The van der Waals surface area contributed by atoms with E-state index in [1.165, 1.54) is 36.9 Å². The van der Waals surface area contributed by atoms with Crippen LogP contribution in [0.4, 0.5) is 5.69 Å². The largest absolute Gasteiger partial charge is 0.325 e. The molecule has 0 bridgehead atoms. The zero-order valence-corrected chi connectivity index (χ0v) is 18.2. The minimum Gasteiger partial charge on any atom is -0.325 e. The van der Waals surface area contributed by atoms with Gasteiger partial charge < -0.3 is 14.5 Å². The van der Waals surface area contributed by atoms with Crippen LogP contribution < -0.4 is 16.4 Å². The maximum Gasteiger partial charge on any atom is 0.316 e. The smallest absolute Gasteiger partial charge is 0.316 e. The third kappa shape index (κ3) is 4.17. The minimum atomic E-state index is -3.81. The highest BCUT2D eigenvalue weighted by Crippen LogP contribution is 2.23. The lowest BCUT2D eigenvalue weighted by Crippen LogP contribution is -2.39. The molecular weight excluding hydrogens is 430 g/mol. The van der Waals surface area contributed by atoms with Gasteiger partial charge in [0.2, 0.25) is 5.91 Å². The number of rotatable bonds is 5. The van der Waals surface area contributed by atoms with E-state index in [0.717, 1.165) is 10.1 Å². The molecule has 0 unspecified atom stereocenters. The summed E-state index contributed by atoms with van der Waals surface area (Å²) in [4.78, 5) is 36.1. The highest BCUT2D eigenvalue weighted by atomic mass is 35.5. The van der Waals surface area contributed by atoms with Crippen molar-refractivity contribution in [1.82, 2.24) is 9.13 Å². The molecule has 8 nitrogen and oxygen atoms in total. The lowest BCUT2D eigenvalue weighted by molar-refractivity contribution is -0.115. The van der Waals surface area contributed by atoms with E-state index in [4.69, 9.17) is 11.6 Å². The highest BCUT2D eigenvalue weighted by molar-refractivity contribution is 7.91. The average Bonchev–Trinajstić information content (AvgIpc) is 2.71. The van der Waals surface area contributed by atoms with Gasteiger partial charge in [-0.3, -0.25) is 14.4 Å². The van der Waals surface area contributed by atoms with Gasteiger partial charge in [0.15, 0.2) is 9.84 Å². The maximum atomic E-state index is 12.7. The van der Waals surface area contributed by atoms with Gasteiger partial charge in [-0.05, 0) is 42.8 Å². The zero-order valence-electron chi connectivity index (χ0n) is 16.6. The molecule has 3 rings (SSSR count). The number of anilines is 1. The third-order valence-electron chi connectivity index (χ3n) is 4.82. The quantitative estimate of drug-likeness (QED) is 0.599. The van der Waals surface area contributed by atoms with E-state index >= 15 is 0 Å². The summed E-state index contributed by atoms with van der Waals surface area (Å²) in [5, 5.41) is 2.97. The number of sulfone groups is 1. The normalized spacial score (nSPS) is 11.6. The average molecular weight is 450 g/mol. The molecule has 2 aromatic carbocycles. The van der Waals surface area contributed by atoms with Gasteiger partial charge in [0.1, 0.15) is 0 Å². The standard InChI is InChI=1S/C20H20ClN3O5S/c1-12-4-6-15(14(21)10-12)22-18(25)8-9-30(28,29)13-5-7-16-17(11-13)24(3)20(27)19(26)23(16)2/h4-7,10-11H,8-9H2,1-3H3,(H,22,25). The molecule has 3 aromatic rings. The number of fused-ring (bicyclic) bond motifs is 1. The fourth-order valence-corrected chi connectivity index (χ4v) is 4.57. The molecule has 1 amide bonds. The maximum absolute atomic E-state index is 12.7. The van der Waals surface area contributed by atoms with Crippen molar-refractivity contribution in [3.63, 3.8) is 0 Å². The number of nitrogens with one attached hydrogen (secondary N) is 1. The second-order valence-electron chi connectivity index (χ2n) is 6.98. The fourth-order valence-electron chi connectivity index (χ4n) is 3.03. The first-order valence-electron chi connectivity index (χ1n) is 9.00. The van der Waals surface area contributed by atoms with Crippen LogP contribution in [-0.4, -0.2) is 29.2 Å². The number of nitrogens with zero attached hydrogens (tertiary/aromatic N) is 2. The predicted octanol–water partition coefficient (Wildman–Crippen LogP) is 2.00. The van der Waals surface area contributed by atoms with E-state index in [0.29, 0.717) is 21.7 Å². The Morgan fingerprint density at radius 1 is 1.00 bits per heavy atom. The van der Waals surface area contributed by atoms with Gasteiger partial charge in [-0.25, -0.2) is 8.42 Å². The summed E-state index contributed by atoms with van der Waals surface area (Å²) in [6.07, 6.45) is -0.267. The Kier molecular flexibility index (Phi) is 5.87. The molecule has 1 N–H and O–H groups in total. The van der Waals surface area contributed by atoms with Crippen LogP contribution in [0.3, 0.4) is 0 Å². The summed E-state index contributed by atoms with van der Waals surface area (Å²) >= 11 is 6.08. The Labute approximate surface area is 177 Å². The minimum absolute atomic E-state index is 0.0372. The molecule has 0 radical (unpaired) electrons. The second kappa shape index (κ2) is 8.08. The first-order chi connectivity index (χ1) is 14.0. The van der Waals surface area contributed by atoms with Gasteiger partial charge in [0.05, 0.1) is 32.4 Å². The van der Waals surface area contributed by atoms with Gasteiger partial charge in [-0.2, -0.15) is 0 Å². The number of hydrogen-bond donors (Lipinski definition) is 1. The summed E-state index contributed by atoms with van der Waals surface area (Å²) < 4.78 is 27.7. The number of halogens is 1. The van der Waals surface area contributed by atoms with Crippen LogP contribution in [0.2, 0.25) is 5.02 Å². The molecule has 0 saturated heterocycles. The first kappa shape index (κ1) is 21.8. The van der Waals surface area contributed by atoms with Gasteiger partial charge in [0.25, 0.3) is 0 Å². The number of carbonyl (C=O) groups excluding carboxylic acids is 1. The molecule has 0 fully saturated rings. The van der Waals surface area contributed by atoms with Crippen LogP contribution in [-0.2, 0) is 28.7 Å². The van der Waals surface area contributed by atoms with Crippen LogP contribution in [0.1, 0.15) is 12.0 Å². The fraction of sp³-hybridized carbons (Fsp3) is 0.250. The van der Waals surface area contributed by atoms with E-state index < -0.39 is 32.6 Å². The topological polar surface area (TPSA) is 107 Å². The Morgan fingerprint density at radius 3 is 2.27 bits per heavy atom. The van der Waals surface area contributed by atoms with Crippen LogP contribution in [0, 0.1) is 6.92 Å². The van der Waals surface area contributed by atoms with Crippen LogP contribution in [0.15, 0.2) is 50.9 Å². The van der Waals surface area contributed by atoms with E-state index in [-0.39, 0.29) is 11.3 Å². The third-order valence-corrected chi connectivity index (χ3v) is 6.84. The van der Waals surface area contributed by atoms with Crippen LogP contribution in [0.25, 0.3) is 11.0 Å². The van der Waals surface area contributed by atoms with Crippen molar-refractivity contribution in [2.45, 2.75) is 18.2 Å². The molecule has 0 aliphatic rings. The molecule has 0 aliphatic heterocycles. The van der Waals surface area contributed by atoms with Crippen molar-refractivity contribution < 1.29 is 13.2 Å². The summed E-state index contributed by atoms with van der Waals surface area (Å²) in [6.45, 7) is 1.86. The number of benzene rings is 2. The number of amides is 1. The van der Waals surface area contributed by atoms with E-state index in [1.807, 2.05) is 6.92 Å². The van der Waals surface area contributed by atoms with Gasteiger partial charge >= 0.3 is 11.1 Å². The lowest BCUT2D eigenvalue weighted by Gasteiger charge is -2.11. The molecule has 158 valence electrons. The summed E-state index contributed by atoms with van der Waals surface area (Å²) in [5.74, 6) is -0.909. The Balaban J connectivity index is 1.83. The molecule has 0 atom stereocenters. The Morgan fingerprint density at radius 2 is 1.63 bits per heavy atom. The van der Waals surface area contributed by atoms with Crippen LogP contribution in [0.5, 0.6) is 0 Å². The van der Waals surface area contributed by atoms with Gasteiger partial charge in [-0.1, -0.05) is 17.7 Å². The SMILES string of the molecule is Cc1ccc(NC(=O)CCS(=O)(=O)c2ccc3c(c2)n(C)c(=O)c(=O)n3C)c(Cl)c1. The molecule has 0 spiro atoms. The lowest BCUT2D eigenvalue weighted by atomic mass is 10.2. The van der Waals surface area contributed by atoms with Gasteiger partial charge in [-0.15, -0.1) is 0 Å². The summed E-state index contributed by atoms with van der Waals surface area (Å²) in [7, 11) is -0.956. The number of aryl methyl sites for hydroxylation is 3. The molecular formula is C20H20ClN3O5S. The van der Waals surface area contributed by atoms with Crippen molar-refractivity contribution in [1.29, 1.82) is 0 Å². The number of aromatic nitrogens is 2. The molecule has 10 heteroatoms. The highest BCUT2D eigenvalue weighted by Gasteiger charge is 2.19. The predicted molar refractivity (Wildman–Crippen MR) is 116 cm³/mol. The second-order valence-corrected chi connectivity index (χ2v) is 9.50. The monoisotopic (exact) mass is 449 g/mol. The van der Waals surface area contributed by atoms with E-state index in [2.05, 4.69) is 5.32 Å². The summed E-state index contributed by atoms with van der Waals surface area (Å²) in [6, 6.07) is 9.29. The van der Waals surface area contributed by atoms with Crippen molar-refractivity contribution >= 4 is 44.1 Å². The molecule has 1 aromatic heterocycles. The molecule has 0 aliphatic carbocycles.